The molecule has 1 rings (SSSR count). The molecule has 0 heterocycles. The van der Waals surface area contributed by atoms with Crippen LogP contribution in [-0.4, -0.2) is 23.0 Å². The molecule has 0 amide bonds. The molecule has 4 N–H and O–H groups in total. The third-order valence-corrected chi connectivity index (χ3v) is 2.81. The summed E-state index contributed by atoms with van der Waals surface area (Å²) in [5.41, 5.74) is 7.06. The Kier molecular flexibility index (Phi) is 5.86. The SMILES string of the molecule is CC(C)(NOCCc1ccccc1)C(=O)OP(N)(=O)O. The molecule has 1 unspecified atom stereocenters. The first-order valence-corrected chi connectivity index (χ1v) is 7.64. The lowest BCUT2D eigenvalue weighted by molar-refractivity contribution is -0.148. The Labute approximate surface area is 117 Å². The van der Waals surface area contributed by atoms with Gasteiger partial charge in [-0.1, -0.05) is 30.3 Å². The van der Waals surface area contributed by atoms with Crippen LogP contribution in [0.1, 0.15) is 19.4 Å². The minimum absolute atomic E-state index is 0.333. The van der Waals surface area contributed by atoms with Crippen LogP contribution in [0.2, 0.25) is 0 Å². The summed E-state index contributed by atoms with van der Waals surface area (Å²) in [5, 5.41) is 0. The van der Waals surface area contributed by atoms with E-state index in [2.05, 4.69) is 10.0 Å². The maximum absolute atomic E-state index is 11.6. The van der Waals surface area contributed by atoms with Crippen LogP contribution in [0.3, 0.4) is 0 Å². The van der Waals surface area contributed by atoms with E-state index in [9.17, 15) is 9.36 Å². The smallest absolute Gasteiger partial charge is 0.379 e. The lowest BCUT2D eigenvalue weighted by atomic mass is 10.1. The van der Waals surface area contributed by atoms with Crippen LogP contribution in [-0.2, 0) is 25.1 Å². The van der Waals surface area contributed by atoms with Crippen molar-refractivity contribution in [2.75, 3.05) is 6.61 Å². The van der Waals surface area contributed by atoms with Gasteiger partial charge in [-0.2, -0.15) is 5.48 Å². The zero-order valence-electron chi connectivity index (χ0n) is 11.4. The maximum Gasteiger partial charge on any atom is 0.455 e. The standard InChI is InChI=1S/C12H19N2O5P/c1-12(2,11(15)19-20(13,16)17)14-18-9-8-10-6-4-3-5-7-10/h3-7,14H,8-9H2,1-2H3,(H3,13,16,17). The number of rotatable bonds is 7. The number of benzene rings is 1. The van der Waals surface area contributed by atoms with Gasteiger partial charge < -0.3 is 14.3 Å². The fourth-order valence-electron chi connectivity index (χ4n) is 1.32. The van der Waals surface area contributed by atoms with Crippen LogP contribution in [0.15, 0.2) is 30.3 Å². The predicted molar refractivity (Wildman–Crippen MR) is 73.4 cm³/mol. The molecule has 1 atom stereocenters. The van der Waals surface area contributed by atoms with Gasteiger partial charge in [0.25, 0.3) is 0 Å². The fourth-order valence-corrected chi connectivity index (χ4v) is 1.79. The van der Waals surface area contributed by atoms with E-state index in [1.807, 2.05) is 30.3 Å². The first kappa shape index (κ1) is 16.8. The summed E-state index contributed by atoms with van der Waals surface area (Å²) in [4.78, 5) is 25.5. The van der Waals surface area contributed by atoms with E-state index in [1.54, 1.807) is 0 Å². The molecular weight excluding hydrogens is 283 g/mol. The molecule has 0 fully saturated rings. The molecule has 1 aromatic rings. The maximum atomic E-state index is 11.6. The Morgan fingerprint density at radius 2 is 2.00 bits per heavy atom. The number of carbonyl (C=O) groups is 1. The molecule has 0 saturated carbocycles. The molecule has 0 aromatic heterocycles. The number of hydrogen-bond donors (Lipinski definition) is 3. The first-order chi connectivity index (χ1) is 9.21. The van der Waals surface area contributed by atoms with Crippen molar-refractivity contribution in [2.24, 2.45) is 5.50 Å². The largest absolute Gasteiger partial charge is 0.455 e. The van der Waals surface area contributed by atoms with Gasteiger partial charge >= 0.3 is 13.7 Å². The molecule has 112 valence electrons. The lowest BCUT2D eigenvalue weighted by Gasteiger charge is -2.23. The summed E-state index contributed by atoms with van der Waals surface area (Å²) in [6, 6.07) is 9.67. The summed E-state index contributed by atoms with van der Waals surface area (Å²) in [6.45, 7) is 3.24. The van der Waals surface area contributed by atoms with Crippen LogP contribution in [0.5, 0.6) is 0 Å². The van der Waals surface area contributed by atoms with Crippen molar-refractivity contribution >= 4 is 13.7 Å². The Morgan fingerprint density at radius 1 is 1.40 bits per heavy atom. The lowest BCUT2D eigenvalue weighted by Crippen LogP contribution is -2.47. The van der Waals surface area contributed by atoms with Crippen LogP contribution >= 0.6 is 7.75 Å². The molecule has 0 bridgehead atoms. The molecule has 8 heteroatoms. The van der Waals surface area contributed by atoms with E-state index in [1.165, 1.54) is 13.8 Å². The van der Waals surface area contributed by atoms with Crippen molar-refractivity contribution in [3.8, 4) is 0 Å². The zero-order chi connectivity index (χ0) is 15.2. The van der Waals surface area contributed by atoms with Crippen molar-refractivity contribution in [1.82, 2.24) is 5.48 Å². The van der Waals surface area contributed by atoms with Gasteiger partial charge in [-0.15, -0.1) is 0 Å². The van der Waals surface area contributed by atoms with Gasteiger partial charge in [0, 0.05) is 0 Å². The van der Waals surface area contributed by atoms with Crippen LogP contribution < -0.4 is 11.0 Å². The molecule has 0 aliphatic heterocycles. The van der Waals surface area contributed by atoms with Crippen molar-refractivity contribution in [3.63, 3.8) is 0 Å². The average molecular weight is 302 g/mol. The molecule has 7 nitrogen and oxygen atoms in total. The zero-order valence-corrected chi connectivity index (χ0v) is 12.3. The van der Waals surface area contributed by atoms with Gasteiger partial charge in [-0.25, -0.2) is 14.9 Å². The second-order valence-corrected chi connectivity index (χ2v) is 6.06. The second kappa shape index (κ2) is 6.97. The highest BCUT2D eigenvalue weighted by molar-refractivity contribution is 7.50. The van der Waals surface area contributed by atoms with Gasteiger partial charge in [0.2, 0.25) is 0 Å². The van der Waals surface area contributed by atoms with Crippen LogP contribution in [0.4, 0.5) is 0 Å². The Hall–Kier alpha value is -1.24. The Balaban J connectivity index is 2.36. The molecule has 0 aliphatic carbocycles. The summed E-state index contributed by atoms with van der Waals surface area (Å²) >= 11 is 0. The highest BCUT2D eigenvalue weighted by atomic mass is 31.2. The minimum Gasteiger partial charge on any atom is -0.379 e. The number of hydroxylamine groups is 1. The van der Waals surface area contributed by atoms with Crippen molar-refractivity contribution in [1.29, 1.82) is 0 Å². The van der Waals surface area contributed by atoms with E-state index in [0.717, 1.165) is 5.56 Å². The second-order valence-electron chi connectivity index (χ2n) is 4.75. The average Bonchev–Trinajstić information content (AvgIpc) is 2.34. The van der Waals surface area contributed by atoms with E-state index in [-0.39, 0.29) is 0 Å². The third-order valence-electron chi connectivity index (χ3n) is 2.39. The minimum atomic E-state index is -4.35. The van der Waals surface area contributed by atoms with Gasteiger partial charge in [-0.05, 0) is 25.8 Å². The van der Waals surface area contributed by atoms with Gasteiger partial charge in [0.15, 0.2) is 0 Å². The third kappa shape index (κ3) is 6.27. The molecular formula is C12H19N2O5P. The summed E-state index contributed by atoms with van der Waals surface area (Å²) < 4.78 is 15.0. The van der Waals surface area contributed by atoms with Gasteiger partial charge in [0.1, 0.15) is 5.54 Å². The van der Waals surface area contributed by atoms with Gasteiger partial charge in [-0.3, -0.25) is 0 Å². The van der Waals surface area contributed by atoms with E-state index in [0.29, 0.717) is 13.0 Å². The molecule has 0 radical (unpaired) electrons. The number of nitrogens with two attached hydrogens (primary N) is 1. The highest BCUT2D eigenvalue weighted by Crippen LogP contribution is 2.33. The monoisotopic (exact) mass is 302 g/mol. The summed E-state index contributed by atoms with van der Waals surface area (Å²) in [6.07, 6.45) is 0.661. The molecule has 1 aromatic carbocycles. The van der Waals surface area contributed by atoms with Crippen molar-refractivity contribution in [3.05, 3.63) is 35.9 Å². The van der Waals surface area contributed by atoms with E-state index >= 15 is 0 Å². The first-order valence-electron chi connectivity index (χ1n) is 5.99. The number of hydrogen-bond acceptors (Lipinski definition) is 5. The summed E-state index contributed by atoms with van der Waals surface area (Å²) in [7, 11) is -4.35. The van der Waals surface area contributed by atoms with E-state index < -0.39 is 19.3 Å². The van der Waals surface area contributed by atoms with Crippen LogP contribution in [0.25, 0.3) is 0 Å². The van der Waals surface area contributed by atoms with Crippen molar-refractivity contribution < 1.29 is 23.6 Å². The Bertz CT molecular complexity index is 486. The van der Waals surface area contributed by atoms with Crippen LogP contribution in [0, 0.1) is 0 Å². The molecule has 0 spiro atoms. The van der Waals surface area contributed by atoms with E-state index in [4.69, 9.17) is 15.2 Å². The topological polar surface area (TPSA) is 111 Å². The number of carbonyl (C=O) groups excluding carboxylic acids is 1. The molecule has 0 saturated heterocycles. The Morgan fingerprint density at radius 3 is 2.55 bits per heavy atom. The molecule has 20 heavy (non-hydrogen) atoms. The number of nitrogens with one attached hydrogen (secondary N) is 1. The van der Waals surface area contributed by atoms with Crippen molar-refractivity contribution in [2.45, 2.75) is 25.8 Å². The summed E-state index contributed by atoms with van der Waals surface area (Å²) in [5.74, 6) is -0.967. The quantitative estimate of drug-likeness (QED) is 0.393. The fraction of sp³-hybridized carbons (Fsp3) is 0.417. The molecule has 0 aliphatic rings. The normalized spacial score (nSPS) is 14.6. The van der Waals surface area contributed by atoms with Gasteiger partial charge in [0.05, 0.1) is 6.61 Å². The highest BCUT2D eigenvalue weighted by Gasteiger charge is 2.33. The predicted octanol–water partition coefficient (Wildman–Crippen LogP) is 1.13.